The molecule has 0 radical (unpaired) electrons. The molecule has 0 N–H and O–H groups in total. The molecule has 1 aromatic heterocycles. The molecule has 0 saturated carbocycles. The van der Waals surface area contributed by atoms with E-state index in [9.17, 15) is 0 Å². The third-order valence-electron chi connectivity index (χ3n) is 1.92. The number of hydrogen-bond donors (Lipinski definition) is 1. The van der Waals surface area contributed by atoms with Crippen molar-refractivity contribution in [2.75, 3.05) is 6.61 Å². The molecule has 0 unspecified atom stereocenters. The molecule has 0 aliphatic heterocycles. The van der Waals surface area contributed by atoms with Crippen molar-refractivity contribution in [3.63, 3.8) is 0 Å². The summed E-state index contributed by atoms with van der Waals surface area (Å²) in [5.41, 5.74) is 0. The molecule has 2 aromatic rings. The Morgan fingerprint density at radius 3 is 3.00 bits per heavy atom. The van der Waals surface area contributed by atoms with Crippen LogP contribution in [0, 0.1) is 0 Å². The van der Waals surface area contributed by atoms with Gasteiger partial charge < -0.3 is 4.74 Å². The van der Waals surface area contributed by atoms with Crippen LogP contribution in [0.2, 0.25) is 0 Å². The van der Waals surface area contributed by atoms with E-state index in [2.05, 4.69) is 40.0 Å². The lowest BCUT2D eigenvalue weighted by Crippen LogP contribution is -1.92. The minimum absolute atomic E-state index is 0.669. The molecular formula is C10H9BrOS2. The van der Waals surface area contributed by atoms with Crippen LogP contribution in [0.25, 0.3) is 10.1 Å². The number of benzene rings is 1. The molecule has 14 heavy (non-hydrogen) atoms. The average molecular weight is 289 g/mol. The number of halogens is 1. The molecule has 0 amide bonds. The Labute approximate surface area is 101 Å². The van der Waals surface area contributed by atoms with E-state index in [0.717, 1.165) is 19.8 Å². The summed E-state index contributed by atoms with van der Waals surface area (Å²) in [5, 5.41) is 3.26. The number of hydrogen-bond acceptors (Lipinski definition) is 3. The molecule has 74 valence electrons. The van der Waals surface area contributed by atoms with Crippen molar-refractivity contribution in [3.8, 4) is 5.75 Å². The summed E-state index contributed by atoms with van der Waals surface area (Å²) in [6, 6.07) is 4.02. The van der Waals surface area contributed by atoms with Gasteiger partial charge in [-0.25, -0.2) is 0 Å². The summed E-state index contributed by atoms with van der Waals surface area (Å²) in [6.07, 6.45) is 0. The maximum absolute atomic E-state index is 5.58. The van der Waals surface area contributed by atoms with Crippen molar-refractivity contribution in [2.45, 2.75) is 11.8 Å². The molecule has 4 heteroatoms. The van der Waals surface area contributed by atoms with E-state index in [4.69, 9.17) is 4.74 Å². The molecule has 1 heterocycles. The van der Waals surface area contributed by atoms with Gasteiger partial charge in [0.2, 0.25) is 0 Å². The quantitative estimate of drug-likeness (QED) is 0.809. The second kappa shape index (κ2) is 4.13. The van der Waals surface area contributed by atoms with Crippen LogP contribution in [0.5, 0.6) is 5.75 Å². The lowest BCUT2D eigenvalue weighted by Gasteiger charge is -2.07. The van der Waals surface area contributed by atoms with E-state index in [0.29, 0.717) is 6.61 Å². The zero-order chi connectivity index (χ0) is 10.1. The van der Waals surface area contributed by atoms with Gasteiger partial charge in [0.05, 0.1) is 11.3 Å². The average Bonchev–Trinajstić information content (AvgIpc) is 2.53. The van der Waals surface area contributed by atoms with Crippen molar-refractivity contribution in [3.05, 3.63) is 22.0 Å². The number of rotatable bonds is 2. The Morgan fingerprint density at radius 2 is 2.29 bits per heavy atom. The van der Waals surface area contributed by atoms with Crippen molar-refractivity contribution in [2.24, 2.45) is 0 Å². The SMILES string of the molecule is CCOc1c(S)ccc2c(Br)csc12. The molecule has 1 aromatic carbocycles. The zero-order valence-corrected chi connectivity index (χ0v) is 10.9. The first-order chi connectivity index (χ1) is 6.74. The smallest absolute Gasteiger partial charge is 0.150 e. The minimum atomic E-state index is 0.669. The highest BCUT2D eigenvalue weighted by molar-refractivity contribution is 9.10. The van der Waals surface area contributed by atoms with Crippen LogP contribution < -0.4 is 4.74 Å². The number of thiophene rings is 1. The van der Waals surface area contributed by atoms with Gasteiger partial charge in [0.1, 0.15) is 5.75 Å². The second-order valence-corrected chi connectivity index (χ2v) is 5.02. The second-order valence-electron chi connectivity index (χ2n) is 2.81. The number of ether oxygens (including phenoxy) is 1. The highest BCUT2D eigenvalue weighted by Gasteiger charge is 2.09. The predicted molar refractivity (Wildman–Crippen MR) is 67.9 cm³/mol. The fourth-order valence-corrected chi connectivity index (χ4v) is 3.31. The highest BCUT2D eigenvalue weighted by atomic mass is 79.9. The zero-order valence-electron chi connectivity index (χ0n) is 7.58. The maximum Gasteiger partial charge on any atom is 0.150 e. The minimum Gasteiger partial charge on any atom is -0.491 e. The molecule has 0 bridgehead atoms. The molecule has 0 saturated heterocycles. The molecule has 0 atom stereocenters. The molecule has 1 nitrogen and oxygen atoms in total. The molecular weight excluding hydrogens is 280 g/mol. The molecule has 0 aliphatic rings. The van der Waals surface area contributed by atoms with Crippen LogP contribution in [0.15, 0.2) is 26.9 Å². The van der Waals surface area contributed by atoms with E-state index >= 15 is 0 Å². The van der Waals surface area contributed by atoms with Crippen LogP contribution in [-0.4, -0.2) is 6.61 Å². The number of thiol groups is 1. The van der Waals surface area contributed by atoms with E-state index in [-0.39, 0.29) is 0 Å². The third kappa shape index (κ3) is 1.66. The van der Waals surface area contributed by atoms with Crippen molar-refractivity contribution in [1.82, 2.24) is 0 Å². The normalized spacial score (nSPS) is 10.8. The van der Waals surface area contributed by atoms with Gasteiger partial charge in [0.25, 0.3) is 0 Å². The fraction of sp³-hybridized carbons (Fsp3) is 0.200. The topological polar surface area (TPSA) is 9.23 Å². The first-order valence-corrected chi connectivity index (χ1v) is 6.37. The van der Waals surface area contributed by atoms with E-state index < -0.39 is 0 Å². The van der Waals surface area contributed by atoms with E-state index in [1.807, 2.05) is 13.0 Å². The summed E-state index contributed by atoms with van der Waals surface area (Å²) in [7, 11) is 0. The van der Waals surface area contributed by atoms with Crippen LogP contribution >= 0.6 is 39.9 Å². The Balaban J connectivity index is 2.70. The Morgan fingerprint density at radius 1 is 1.50 bits per heavy atom. The van der Waals surface area contributed by atoms with Gasteiger partial charge in [-0.05, 0) is 28.9 Å². The van der Waals surface area contributed by atoms with Crippen molar-refractivity contribution < 1.29 is 4.74 Å². The lowest BCUT2D eigenvalue weighted by atomic mass is 10.2. The van der Waals surface area contributed by atoms with Crippen LogP contribution in [0.3, 0.4) is 0 Å². The van der Waals surface area contributed by atoms with E-state index in [1.54, 1.807) is 11.3 Å². The Kier molecular flexibility index (Phi) is 3.04. The van der Waals surface area contributed by atoms with Crippen molar-refractivity contribution >= 4 is 50.0 Å². The molecule has 0 fully saturated rings. The van der Waals surface area contributed by atoms with Crippen LogP contribution in [0.1, 0.15) is 6.92 Å². The predicted octanol–water partition coefficient (Wildman–Crippen LogP) is 4.35. The summed E-state index contributed by atoms with van der Waals surface area (Å²) in [4.78, 5) is 0.897. The van der Waals surface area contributed by atoms with Crippen molar-refractivity contribution in [1.29, 1.82) is 0 Å². The molecule has 0 aliphatic carbocycles. The summed E-state index contributed by atoms with van der Waals surface area (Å²) in [5.74, 6) is 0.893. The maximum atomic E-state index is 5.58. The monoisotopic (exact) mass is 288 g/mol. The van der Waals surface area contributed by atoms with Gasteiger partial charge in [0, 0.05) is 20.1 Å². The standard InChI is InChI=1S/C10H9BrOS2/c1-2-12-9-8(13)4-3-6-7(11)5-14-10(6)9/h3-5,13H,2H2,1H3. The fourth-order valence-electron chi connectivity index (χ4n) is 1.32. The first-order valence-electron chi connectivity index (χ1n) is 4.25. The summed E-state index contributed by atoms with van der Waals surface area (Å²) >= 11 is 9.56. The largest absolute Gasteiger partial charge is 0.491 e. The molecule has 2 rings (SSSR count). The Hall–Kier alpha value is -0.190. The van der Waals surface area contributed by atoms with E-state index in [1.165, 1.54) is 5.39 Å². The summed E-state index contributed by atoms with van der Waals surface area (Å²) < 4.78 is 7.85. The van der Waals surface area contributed by atoms with Gasteiger partial charge >= 0.3 is 0 Å². The summed E-state index contributed by atoms with van der Waals surface area (Å²) in [6.45, 7) is 2.65. The van der Waals surface area contributed by atoms with Gasteiger partial charge in [-0.2, -0.15) is 0 Å². The molecule has 0 spiro atoms. The third-order valence-corrected chi connectivity index (χ3v) is 4.22. The van der Waals surface area contributed by atoms with Crippen LogP contribution in [-0.2, 0) is 0 Å². The highest BCUT2D eigenvalue weighted by Crippen LogP contribution is 2.40. The first kappa shape index (κ1) is 10.3. The van der Waals surface area contributed by atoms with Gasteiger partial charge in [0.15, 0.2) is 0 Å². The lowest BCUT2D eigenvalue weighted by molar-refractivity contribution is 0.337. The van der Waals surface area contributed by atoms with Gasteiger partial charge in [-0.3, -0.25) is 0 Å². The number of fused-ring (bicyclic) bond motifs is 1. The van der Waals surface area contributed by atoms with Gasteiger partial charge in [-0.15, -0.1) is 24.0 Å². The van der Waals surface area contributed by atoms with Crippen LogP contribution in [0.4, 0.5) is 0 Å². The Bertz CT molecular complexity index is 464. The van der Waals surface area contributed by atoms with Gasteiger partial charge in [-0.1, -0.05) is 6.07 Å².